The van der Waals surface area contributed by atoms with Gasteiger partial charge in [-0.3, -0.25) is 0 Å². The molecule has 2 aromatic carbocycles. The van der Waals surface area contributed by atoms with E-state index in [1.165, 1.54) is 12.1 Å². The van der Waals surface area contributed by atoms with Crippen molar-refractivity contribution in [3.05, 3.63) is 53.1 Å². The van der Waals surface area contributed by atoms with E-state index in [0.717, 1.165) is 36.8 Å². The average molecular weight is 684 g/mol. The first-order valence-electron chi connectivity index (χ1n) is 15.9. The zero-order valence-corrected chi connectivity index (χ0v) is 27.2. The molecule has 0 amide bonds. The molecule has 0 radical (unpaired) electrons. The van der Waals surface area contributed by atoms with Crippen molar-refractivity contribution in [1.29, 1.82) is 5.26 Å². The molecule has 48 heavy (non-hydrogen) atoms. The number of benzene rings is 2. The van der Waals surface area contributed by atoms with Gasteiger partial charge in [0.15, 0.2) is 5.82 Å². The largest absolute Gasteiger partial charge is 0.462 e. The molecule has 3 aliphatic heterocycles. The van der Waals surface area contributed by atoms with Crippen LogP contribution in [0.3, 0.4) is 0 Å². The second-order valence-corrected chi connectivity index (χ2v) is 14.2. The number of hydrogen-bond donors (Lipinski definition) is 2. The number of likely N-dealkylation sites (tertiary alicyclic amines) is 1. The van der Waals surface area contributed by atoms with Gasteiger partial charge in [-0.1, -0.05) is 26.0 Å². The molecule has 0 saturated carbocycles. The highest BCUT2D eigenvalue weighted by Gasteiger charge is 2.40. The molecule has 3 saturated heterocycles. The van der Waals surface area contributed by atoms with Crippen molar-refractivity contribution in [1.82, 2.24) is 20.2 Å². The van der Waals surface area contributed by atoms with E-state index in [1.807, 2.05) is 24.8 Å². The molecule has 4 aromatic rings. The Bertz CT molecular complexity index is 1980. The highest BCUT2D eigenvalue weighted by atomic mass is 32.1. The summed E-state index contributed by atoms with van der Waals surface area (Å²) < 4.78 is 82.5. The van der Waals surface area contributed by atoms with E-state index in [4.69, 9.17) is 10.5 Å². The number of ether oxygens (including phenoxy) is 1. The van der Waals surface area contributed by atoms with Crippen LogP contribution >= 0.6 is 11.3 Å². The molecule has 14 heteroatoms. The van der Waals surface area contributed by atoms with Gasteiger partial charge in [0.1, 0.15) is 29.0 Å². The lowest BCUT2D eigenvalue weighted by Crippen LogP contribution is -2.51. The Balaban J connectivity index is 1.43. The number of aromatic nitrogens is 2. The van der Waals surface area contributed by atoms with Gasteiger partial charge in [-0.25, -0.2) is 8.78 Å². The molecule has 8 nitrogen and oxygen atoms in total. The van der Waals surface area contributed by atoms with Crippen LogP contribution < -0.4 is 20.7 Å². The van der Waals surface area contributed by atoms with Gasteiger partial charge in [0.2, 0.25) is 0 Å². The summed E-state index contributed by atoms with van der Waals surface area (Å²) in [5, 5.41) is 13.5. The minimum atomic E-state index is -4.97. The standard InChI is InChI=1S/C34H34F5N7OS/c1-3-45-10-9-18(12-35)33(2,16-45)17-47-32-43-29-22(31(44-32)46-14-19-7-8-20(15-46)42-19)11-24(34(37,38)39)27(28(29)36)21-5-4-6-25-26(21)23(13-40)30(41)48-25/h4-6,11-12,19-20,42H,3,7-10,14-17,41H2,1-2H3/b18-12+/t19-,20+,33-/m0/s1. The summed E-state index contributed by atoms with van der Waals surface area (Å²) in [5.74, 6) is -1.07. The number of nitrogens with zero attached hydrogens (tertiary/aromatic N) is 5. The number of nitriles is 1. The van der Waals surface area contributed by atoms with Gasteiger partial charge < -0.3 is 25.6 Å². The lowest BCUT2D eigenvalue weighted by Gasteiger charge is -2.41. The Kier molecular flexibility index (Phi) is 8.20. The van der Waals surface area contributed by atoms with Crippen LogP contribution in [0.15, 0.2) is 36.2 Å². The third kappa shape index (κ3) is 5.51. The maximum Gasteiger partial charge on any atom is 0.417 e. The number of fused-ring (bicyclic) bond motifs is 4. The number of halogens is 5. The van der Waals surface area contributed by atoms with Crippen LogP contribution in [0.25, 0.3) is 32.1 Å². The number of piperazine rings is 1. The summed E-state index contributed by atoms with van der Waals surface area (Å²) in [7, 11) is 0. The fourth-order valence-electron chi connectivity index (χ4n) is 7.51. The Labute approximate surface area is 278 Å². The monoisotopic (exact) mass is 683 g/mol. The SMILES string of the molecule is CCN1CC/C(=C\F)[C@](C)(COc2nc(N3C[C@H]4CC[C@@H](C3)N4)c3cc(C(F)(F)F)c(-c4cccc5sc(N)c(C#N)c45)c(F)c3n2)C1. The molecular formula is C34H34F5N7OS. The second kappa shape index (κ2) is 12.1. The Morgan fingerprint density at radius 2 is 1.98 bits per heavy atom. The van der Waals surface area contributed by atoms with Gasteiger partial charge in [-0.15, -0.1) is 11.3 Å². The van der Waals surface area contributed by atoms with Crippen molar-refractivity contribution in [2.75, 3.05) is 50.0 Å². The molecule has 7 rings (SSSR count). The average Bonchev–Trinajstić information content (AvgIpc) is 3.58. The molecule has 5 heterocycles. The lowest BCUT2D eigenvalue weighted by atomic mass is 9.78. The second-order valence-electron chi connectivity index (χ2n) is 13.1. The van der Waals surface area contributed by atoms with Crippen molar-refractivity contribution in [2.45, 2.75) is 51.4 Å². The maximum atomic E-state index is 17.0. The van der Waals surface area contributed by atoms with E-state index in [2.05, 4.69) is 20.2 Å². The number of alkyl halides is 3. The molecule has 3 N–H and O–H groups in total. The van der Waals surface area contributed by atoms with Crippen LogP contribution in [-0.2, 0) is 6.18 Å². The van der Waals surface area contributed by atoms with E-state index >= 15 is 4.39 Å². The van der Waals surface area contributed by atoms with Crippen molar-refractivity contribution in [3.63, 3.8) is 0 Å². The summed E-state index contributed by atoms with van der Waals surface area (Å²) >= 11 is 1.05. The highest BCUT2D eigenvalue weighted by Crippen LogP contribution is 2.48. The molecule has 0 unspecified atom stereocenters. The molecule has 2 bridgehead atoms. The summed E-state index contributed by atoms with van der Waals surface area (Å²) in [6, 6.07) is 7.38. The summed E-state index contributed by atoms with van der Waals surface area (Å²) in [6.07, 6.45) is -2.04. The third-order valence-electron chi connectivity index (χ3n) is 9.98. The van der Waals surface area contributed by atoms with Crippen LogP contribution in [0.2, 0.25) is 0 Å². The molecule has 0 aliphatic carbocycles. The van der Waals surface area contributed by atoms with Crippen LogP contribution in [0.1, 0.15) is 44.2 Å². The Morgan fingerprint density at radius 1 is 1.23 bits per heavy atom. The molecule has 0 spiro atoms. The minimum absolute atomic E-state index is 0.0134. The molecule has 2 aromatic heterocycles. The predicted molar refractivity (Wildman–Crippen MR) is 176 cm³/mol. The molecule has 252 valence electrons. The number of nitrogen functional groups attached to an aromatic ring is 1. The molecule has 3 atom stereocenters. The van der Waals surface area contributed by atoms with E-state index in [-0.39, 0.29) is 62.9 Å². The topological polar surface area (TPSA) is 103 Å². The number of piperidine rings is 1. The maximum absolute atomic E-state index is 17.0. The first-order chi connectivity index (χ1) is 22.9. The van der Waals surface area contributed by atoms with Gasteiger partial charge >= 0.3 is 12.2 Å². The van der Waals surface area contributed by atoms with Crippen LogP contribution in [0.5, 0.6) is 6.01 Å². The molecule has 3 aliphatic rings. The smallest absolute Gasteiger partial charge is 0.417 e. The van der Waals surface area contributed by atoms with Gasteiger partial charge in [0.05, 0.1) is 17.5 Å². The number of hydrogen-bond acceptors (Lipinski definition) is 9. The first kappa shape index (κ1) is 32.5. The van der Waals surface area contributed by atoms with E-state index in [1.54, 1.807) is 6.07 Å². The predicted octanol–water partition coefficient (Wildman–Crippen LogP) is 7.03. The number of nitrogens with one attached hydrogen (secondary N) is 1. The van der Waals surface area contributed by atoms with Gasteiger partial charge in [0, 0.05) is 64.7 Å². The number of nitrogens with two attached hydrogens (primary N) is 1. The van der Waals surface area contributed by atoms with Crippen molar-refractivity contribution < 1.29 is 26.7 Å². The Morgan fingerprint density at radius 3 is 2.65 bits per heavy atom. The zero-order chi connectivity index (χ0) is 34.0. The van der Waals surface area contributed by atoms with E-state index < -0.39 is 28.5 Å². The van der Waals surface area contributed by atoms with Gasteiger partial charge in [-0.05, 0) is 49.1 Å². The van der Waals surface area contributed by atoms with Crippen molar-refractivity contribution in [2.24, 2.45) is 5.41 Å². The Hall–Kier alpha value is -4.06. The summed E-state index contributed by atoms with van der Waals surface area (Å²) in [4.78, 5) is 13.1. The third-order valence-corrected chi connectivity index (χ3v) is 11.0. The normalized spacial score (nSPS) is 24.1. The summed E-state index contributed by atoms with van der Waals surface area (Å²) in [6.45, 7) is 6.79. The minimum Gasteiger partial charge on any atom is -0.462 e. The fourth-order valence-corrected chi connectivity index (χ4v) is 8.46. The number of anilines is 2. The van der Waals surface area contributed by atoms with Crippen molar-refractivity contribution >= 4 is 43.1 Å². The lowest BCUT2D eigenvalue weighted by molar-refractivity contribution is -0.137. The van der Waals surface area contributed by atoms with Crippen LogP contribution in [-0.4, -0.2) is 66.3 Å². The van der Waals surface area contributed by atoms with Crippen molar-refractivity contribution in [3.8, 4) is 23.2 Å². The zero-order valence-electron chi connectivity index (χ0n) is 26.4. The quantitative estimate of drug-likeness (QED) is 0.209. The van der Waals surface area contributed by atoms with Gasteiger partial charge in [0.25, 0.3) is 0 Å². The van der Waals surface area contributed by atoms with E-state index in [0.29, 0.717) is 49.2 Å². The number of thiophene rings is 1. The van der Waals surface area contributed by atoms with Crippen LogP contribution in [0, 0.1) is 22.6 Å². The summed E-state index contributed by atoms with van der Waals surface area (Å²) in [5.41, 5.74) is 3.49. The number of rotatable bonds is 6. The molecular weight excluding hydrogens is 649 g/mol. The van der Waals surface area contributed by atoms with E-state index in [9.17, 15) is 22.8 Å². The highest BCUT2D eigenvalue weighted by molar-refractivity contribution is 7.23. The van der Waals surface area contributed by atoms with Crippen LogP contribution in [0.4, 0.5) is 32.8 Å². The molecule has 3 fully saturated rings. The first-order valence-corrected chi connectivity index (χ1v) is 16.7. The van der Waals surface area contributed by atoms with Gasteiger partial charge in [-0.2, -0.15) is 28.4 Å². The fraction of sp³-hybridized carbons (Fsp3) is 0.441.